The summed E-state index contributed by atoms with van der Waals surface area (Å²) >= 11 is 0. The lowest BCUT2D eigenvalue weighted by molar-refractivity contribution is -0.144. The standard InChI is InChI=1S/C29H37N5O8/c1-5-41-24(35)18-33-14-12-32(13-15-33)16-21-17-34(29(37)42-21)20-8-6-19(7-9-20)27(30)31-28(36)22-10-11-23(38-2)26(40-4)25(22)39-3/h6-11,21H,5,12-18H2,1-4H3,(H2,30,31,36). The average molecular weight is 584 g/mol. The second kappa shape index (κ2) is 14.0. The number of amides is 2. The number of nitrogens with one attached hydrogen (secondary N) is 2. The molecular formula is C29H37N5O8. The van der Waals surface area contributed by atoms with E-state index in [9.17, 15) is 14.4 Å². The van der Waals surface area contributed by atoms with Gasteiger partial charge < -0.3 is 29.0 Å². The fourth-order valence-corrected chi connectivity index (χ4v) is 4.98. The van der Waals surface area contributed by atoms with Crippen molar-refractivity contribution in [2.24, 2.45) is 0 Å². The summed E-state index contributed by atoms with van der Waals surface area (Å²) in [4.78, 5) is 43.2. The first kappa shape index (κ1) is 30.6. The van der Waals surface area contributed by atoms with Gasteiger partial charge in [0.15, 0.2) is 11.5 Å². The zero-order chi connectivity index (χ0) is 30.2. The van der Waals surface area contributed by atoms with Crippen LogP contribution in [0.15, 0.2) is 36.4 Å². The molecule has 2 N–H and O–H groups in total. The summed E-state index contributed by atoms with van der Waals surface area (Å²) < 4.78 is 26.6. The van der Waals surface area contributed by atoms with Gasteiger partial charge in [-0.1, -0.05) is 0 Å². The third kappa shape index (κ3) is 7.09. The van der Waals surface area contributed by atoms with Crippen molar-refractivity contribution in [2.45, 2.75) is 13.0 Å². The minimum atomic E-state index is -0.547. The normalized spacial score (nSPS) is 17.4. The zero-order valence-electron chi connectivity index (χ0n) is 24.3. The molecule has 2 aliphatic heterocycles. The number of hydrogen-bond acceptors (Lipinski definition) is 11. The maximum absolute atomic E-state index is 13.0. The number of methoxy groups -OCH3 is 3. The Labute approximate surface area is 244 Å². The van der Waals surface area contributed by atoms with Crippen LogP contribution in [0.4, 0.5) is 10.5 Å². The van der Waals surface area contributed by atoms with Gasteiger partial charge in [-0.25, -0.2) is 4.79 Å². The first-order valence-corrected chi connectivity index (χ1v) is 13.7. The number of carbonyl (C=O) groups is 3. The number of amidine groups is 1. The molecule has 42 heavy (non-hydrogen) atoms. The smallest absolute Gasteiger partial charge is 0.414 e. The Morgan fingerprint density at radius 3 is 2.24 bits per heavy atom. The van der Waals surface area contributed by atoms with Gasteiger partial charge in [0, 0.05) is 44.0 Å². The molecule has 0 aliphatic carbocycles. The first-order valence-electron chi connectivity index (χ1n) is 13.7. The van der Waals surface area contributed by atoms with Gasteiger partial charge >= 0.3 is 12.1 Å². The van der Waals surface area contributed by atoms with Crippen molar-refractivity contribution in [1.29, 1.82) is 5.41 Å². The summed E-state index contributed by atoms with van der Waals surface area (Å²) in [6.07, 6.45) is -0.722. The van der Waals surface area contributed by atoms with Crippen molar-refractivity contribution in [1.82, 2.24) is 15.1 Å². The Balaban J connectivity index is 1.31. The van der Waals surface area contributed by atoms with Crippen molar-refractivity contribution in [3.05, 3.63) is 47.5 Å². The van der Waals surface area contributed by atoms with Crippen LogP contribution in [0.5, 0.6) is 17.2 Å². The van der Waals surface area contributed by atoms with Gasteiger partial charge in [0.1, 0.15) is 11.9 Å². The van der Waals surface area contributed by atoms with Crippen LogP contribution >= 0.6 is 0 Å². The fourth-order valence-electron chi connectivity index (χ4n) is 4.98. The van der Waals surface area contributed by atoms with E-state index in [0.29, 0.717) is 36.7 Å². The molecule has 0 radical (unpaired) electrons. The SMILES string of the molecule is CCOC(=O)CN1CCN(CC2CN(c3ccc(C(=N)NC(=O)c4ccc(OC)c(OC)c4OC)cc3)C(=O)O2)CC1. The molecule has 2 heterocycles. The van der Waals surface area contributed by atoms with Crippen LogP contribution < -0.4 is 24.4 Å². The highest BCUT2D eigenvalue weighted by molar-refractivity contribution is 6.12. The van der Waals surface area contributed by atoms with E-state index in [4.69, 9.17) is 29.1 Å². The van der Waals surface area contributed by atoms with Crippen molar-refractivity contribution in [2.75, 3.05) is 78.6 Å². The number of nitrogens with zero attached hydrogens (tertiary/aromatic N) is 3. The van der Waals surface area contributed by atoms with Crippen LogP contribution in [0.3, 0.4) is 0 Å². The number of piperazine rings is 1. The zero-order valence-corrected chi connectivity index (χ0v) is 24.3. The molecule has 1 unspecified atom stereocenters. The number of benzene rings is 2. The molecule has 1 atom stereocenters. The Hall–Kier alpha value is -4.36. The Kier molecular flexibility index (Phi) is 10.2. The second-order valence-corrected chi connectivity index (χ2v) is 9.76. The lowest BCUT2D eigenvalue weighted by Crippen LogP contribution is -2.50. The molecule has 2 saturated heterocycles. The molecule has 2 aromatic rings. The van der Waals surface area contributed by atoms with Crippen LogP contribution in [-0.2, 0) is 14.3 Å². The molecule has 226 valence electrons. The topological polar surface area (TPSA) is 143 Å². The number of carbonyl (C=O) groups excluding carboxylic acids is 3. The maximum Gasteiger partial charge on any atom is 0.414 e. The van der Waals surface area contributed by atoms with Crippen molar-refractivity contribution in [3.8, 4) is 17.2 Å². The van der Waals surface area contributed by atoms with Crippen molar-refractivity contribution in [3.63, 3.8) is 0 Å². The van der Waals surface area contributed by atoms with Gasteiger partial charge in [0.2, 0.25) is 5.75 Å². The third-order valence-corrected chi connectivity index (χ3v) is 7.11. The molecular weight excluding hydrogens is 546 g/mol. The number of ether oxygens (including phenoxy) is 5. The van der Waals surface area contributed by atoms with Gasteiger partial charge in [-0.05, 0) is 43.3 Å². The predicted molar refractivity (Wildman–Crippen MR) is 154 cm³/mol. The Bertz CT molecular complexity index is 1290. The van der Waals surface area contributed by atoms with Gasteiger partial charge in [0.25, 0.3) is 5.91 Å². The van der Waals surface area contributed by atoms with E-state index in [-0.39, 0.29) is 41.5 Å². The van der Waals surface area contributed by atoms with E-state index < -0.39 is 12.0 Å². The lowest BCUT2D eigenvalue weighted by atomic mass is 10.1. The summed E-state index contributed by atoms with van der Waals surface area (Å²) in [7, 11) is 4.35. The minimum absolute atomic E-state index is 0.118. The largest absolute Gasteiger partial charge is 0.493 e. The summed E-state index contributed by atoms with van der Waals surface area (Å²) in [5.74, 6) is -0.00323. The lowest BCUT2D eigenvalue weighted by Gasteiger charge is -2.34. The van der Waals surface area contributed by atoms with Gasteiger partial charge in [-0.2, -0.15) is 0 Å². The second-order valence-electron chi connectivity index (χ2n) is 9.76. The molecule has 13 heteroatoms. The summed E-state index contributed by atoms with van der Waals surface area (Å²) in [5.41, 5.74) is 1.27. The quantitative estimate of drug-likeness (QED) is 0.229. The molecule has 2 aliphatic rings. The Morgan fingerprint density at radius 2 is 1.62 bits per heavy atom. The molecule has 0 aromatic heterocycles. The van der Waals surface area contributed by atoms with E-state index in [1.54, 1.807) is 42.2 Å². The summed E-state index contributed by atoms with van der Waals surface area (Å²) in [6.45, 7) is 6.48. The van der Waals surface area contributed by atoms with Crippen LogP contribution in [0.1, 0.15) is 22.8 Å². The highest BCUT2D eigenvalue weighted by atomic mass is 16.6. The molecule has 2 amide bonds. The molecule has 0 spiro atoms. The van der Waals surface area contributed by atoms with Crippen LogP contribution in [0, 0.1) is 5.41 Å². The Morgan fingerprint density at radius 1 is 0.952 bits per heavy atom. The first-order chi connectivity index (χ1) is 20.3. The third-order valence-electron chi connectivity index (χ3n) is 7.11. The molecule has 2 aromatic carbocycles. The average Bonchev–Trinajstić information content (AvgIpc) is 3.36. The molecule has 13 nitrogen and oxygen atoms in total. The fraction of sp³-hybridized carbons (Fsp3) is 0.448. The molecule has 0 bridgehead atoms. The van der Waals surface area contributed by atoms with E-state index in [2.05, 4.69) is 15.1 Å². The number of hydrogen-bond donors (Lipinski definition) is 2. The van der Waals surface area contributed by atoms with Gasteiger partial charge in [-0.15, -0.1) is 0 Å². The molecule has 4 rings (SSSR count). The number of anilines is 1. The monoisotopic (exact) mass is 583 g/mol. The predicted octanol–water partition coefficient (Wildman–Crippen LogP) is 1.97. The van der Waals surface area contributed by atoms with E-state index in [1.807, 2.05) is 0 Å². The summed E-state index contributed by atoms with van der Waals surface area (Å²) in [5, 5.41) is 11.0. The summed E-state index contributed by atoms with van der Waals surface area (Å²) in [6, 6.07) is 9.86. The van der Waals surface area contributed by atoms with E-state index in [0.717, 1.165) is 26.2 Å². The number of esters is 1. The molecule has 2 fully saturated rings. The van der Waals surface area contributed by atoms with Crippen molar-refractivity contribution >= 4 is 29.5 Å². The number of rotatable bonds is 11. The maximum atomic E-state index is 13.0. The minimum Gasteiger partial charge on any atom is -0.493 e. The van der Waals surface area contributed by atoms with E-state index >= 15 is 0 Å². The highest BCUT2D eigenvalue weighted by Gasteiger charge is 2.34. The van der Waals surface area contributed by atoms with Gasteiger partial charge in [0.05, 0.1) is 46.6 Å². The molecule has 0 saturated carbocycles. The van der Waals surface area contributed by atoms with Crippen LogP contribution in [0.25, 0.3) is 0 Å². The van der Waals surface area contributed by atoms with Crippen molar-refractivity contribution < 1.29 is 38.1 Å². The number of cyclic esters (lactones) is 1. The highest BCUT2D eigenvalue weighted by Crippen LogP contribution is 2.39. The van der Waals surface area contributed by atoms with E-state index in [1.165, 1.54) is 27.4 Å². The van der Waals surface area contributed by atoms with Crippen LogP contribution in [0.2, 0.25) is 0 Å². The van der Waals surface area contributed by atoms with Gasteiger partial charge in [-0.3, -0.25) is 29.7 Å². The van der Waals surface area contributed by atoms with Crippen LogP contribution in [-0.4, -0.2) is 113 Å².